The summed E-state index contributed by atoms with van der Waals surface area (Å²) in [4.78, 5) is 17.5. The van der Waals surface area contributed by atoms with Crippen molar-refractivity contribution in [2.45, 2.75) is 26.0 Å². The molecule has 1 spiro atoms. The number of hydrogen-bond donors (Lipinski definition) is 0. The molecular weight excluding hydrogens is 432 g/mol. The second kappa shape index (κ2) is 9.58. The SMILES string of the molecule is O=C(c1ccc(Cl)cc1)N1CCC2(CCN(Cc3ccccc3OCc3ccccc3)C2)C1. The van der Waals surface area contributed by atoms with Crippen LogP contribution in [0.1, 0.15) is 34.3 Å². The van der Waals surface area contributed by atoms with Crippen molar-refractivity contribution in [1.29, 1.82) is 0 Å². The molecule has 2 aliphatic heterocycles. The van der Waals surface area contributed by atoms with Gasteiger partial charge in [-0.1, -0.05) is 60.1 Å². The van der Waals surface area contributed by atoms with Gasteiger partial charge in [0.2, 0.25) is 0 Å². The first-order valence-electron chi connectivity index (χ1n) is 11.6. The van der Waals surface area contributed by atoms with E-state index >= 15 is 0 Å². The van der Waals surface area contributed by atoms with Gasteiger partial charge >= 0.3 is 0 Å². The van der Waals surface area contributed by atoms with Crippen LogP contribution in [0.2, 0.25) is 5.02 Å². The number of ether oxygens (including phenoxy) is 1. The van der Waals surface area contributed by atoms with Gasteiger partial charge in [-0.15, -0.1) is 0 Å². The molecule has 0 bridgehead atoms. The third-order valence-corrected chi connectivity index (χ3v) is 7.19. The molecule has 0 N–H and O–H groups in total. The van der Waals surface area contributed by atoms with Crippen LogP contribution < -0.4 is 4.74 Å². The fourth-order valence-electron chi connectivity index (χ4n) is 5.13. The molecule has 0 aliphatic carbocycles. The minimum Gasteiger partial charge on any atom is -0.489 e. The van der Waals surface area contributed by atoms with Crippen molar-refractivity contribution in [3.05, 3.63) is 101 Å². The lowest BCUT2D eigenvalue weighted by molar-refractivity contribution is 0.0773. The van der Waals surface area contributed by atoms with Crippen LogP contribution in [0.15, 0.2) is 78.9 Å². The Kier molecular flexibility index (Phi) is 6.39. The van der Waals surface area contributed by atoms with Crippen LogP contribution in [0, 0.1) is 5.41 Å². The number of para-hydroxylation sites is 1. The first-order chi connectivity index (χ1) is 16.1. The first kappa shape index (κ1) is 22.0. The molecule has 0 radical (unpaired) electrons. The van der Waals surface area contributed by atoms with Gasteiger partial charge in [0.25, 0.3) is 5.91 Å². The molecule has 0 aromatic heterocycles. The third-order valence-electron chi connectivity index (χ3n) is 6.94. The second-order valence-electron chi connectivity index (χ2n) is 9.33. The standard InChI is InChI=1S/C28H29ClN2O2/c29-25-12-10-23(11-13-25)27(32)31-17-15-28(21-31)14-16-30(20-28)18-24-8-4-5-9-26(24)33-19-22-6-2-1-3-7-22/h1-13H,14-21H2. The summed E-state index contributed by atoms with van der Waals surface area (Å²) in [5.41, 5.74) is 3.30. The third kappa shape index (κ3) is 5.07. The lowest BCUT2D eigenvalue weighted by Crippen LogP contribution is -2.34. The van der Waals surface area contributed by atoms with E-state index in [4.69, 9.17) is 16.3 Å². The Hall–Kier alpha value is -2.82. The number of benzene rings is 3. The summed E-state index contributed by atoms with van der Waals surface area (Å²) in [6, 6.07) is 25.8. The largest absolute Gasteiger partial charge is 0.489 e. The molecule has 3 aromatic rings. The fraction of sp³-hybridized carbons (Fsp3) is 0.321. The van der Waals surface area contributed by atoms with Crippen LogP contribution in [0.3, 0.4) is 0 Å². The molecule has 5 rings (SSSR count). The Balaban J connectivity index is 1.20. The van der Waals surface area contributed by atoms with Crippen molar-refractivity contribution >= 4 is 17.5 Å². The van der Waals surface area contributed by atoms with E-state index in [1.165, 1.54) is 11.1 Å². The number of hydrogen-bond acceptors (Lipinski definition) is 3. The maximum atomic E-state index is 13.0. The Bertz CT molecular complexity index is 1100. The number of carbonyl (C=O) groups excluding carboxylic acids is 1. The highest BCUT2D eigenvalue weighted by molar-refractivity contribution is 6.30. The Morgan fingerprint density at radius 1 is 0.879 bits per heavy atom. The van der Waals surface area contributed by atoms with Crippen LogP contribution in [-0.2, 0) is 13.2 Å². The van der Waals surface area contributed by atoms with E-state index in [1.807, 2.05) is 41.3 Å². The Labute approximate surface area is 200 Å². The van der Waals surface area contributed by atoms with E-state index in [-0.39, 0.29) is 11.3 Å². The van der Waals surface area contributed by atoms with Crippen LogP contribution in [0.25, 0.3) is 0 Å². The van der Waals surface area contributed by atoms with E-state index in [2.05, 4.69) is 35.2 Å². The summed E-state index contributed by atoms with van der Waals surface area (Å²) >= 11 is 5.98. The molecule has 2 fully saturated rings. The van der Waals surface area contributed by atoms with Crippen molar-refractivity contribution in [1.82, 2.24) is 9.80 Å². The second-order valence-corrected chi connectivity index (χ2v) is 9.76. The molecule has 3 aromatic carbocycles. The van der Waals surface area contributed by atoms with Gasteiger partial charge in [0.1, 0.15) is 12.4 Å². The van der Waals surface area contributed by atoms with E-state index in [0.717, 1.165) is 56.9 Å². The lowest BCUT2D eigenvalue weighted by atomic mass is 9.86. The maximum absolute atomic E-state index is 13.0. The van der Waals surface area contributed by atoms with Gasteiger partial charge in [0, 0.05) is 47.7 Å². The average molecular weight is 461 g/mol. The molecule has 1 unspecified atom stereocenters. The fourth-order valence-corrected chi connectivity index (χ4v) is 5.26. The minimum atomic E-state index is 0.113. The topological polar surface area (TPSA) is 32.8 Å². The van der Waals surface area contributed by atoms with E-state index in [1.54, 1.807) is 12.1 Å². The van der Waals surface area contributed by atoms with E-state index in [9.17, 15) is 4.79 Å². The molecule has 2 aliphatic rings. The molecule has 1 amide bonds. The molecule has 1 atom stereocenters. The smallest absolute Gasteiger partial charge is 0.253 e. The molecule has 2 heterocycles. The quantitative estimate of drug-likeness (QED) is 0.476. The summed E-state index contributed by atoms with van der Waals surface area (Å²) in [7, 11) is 0. The average Bonchev–Trinajstić information content (AvgIpc) is 3.45. The van der Waals surface area contributed by atoms with Crippen LogP contribution in [0.5, 0.6) is 5.75 Å². The first-order valence-corrected chi connectivity index (χ1v) is 12.0. The summed E-state index contributed by atoms with van der Waals surface area (Å²) in [6.45, 7) is 5.17. The summed E-state index contributed by atoms with van der Waals surface area (Å²) in [6.07, 6.45) is 2.19. The van der Waals surface area contributed by atoms with Crippen molar-refractivity contribution < 1.29 is 9.53 Å². The monoisotopic (exact) mass is 460 g/mol. The predicted octanol–water partition coefficient (Wildman–Crippen LogP) is 5.66. The molecule has 0 saturated carbocycles. The van der Waals surface area contributed by atoms with Crippen molar-refractivity contribution in [3.63, 3.8) is 0 Å². The Morgan fingerprint density at radius 2 is 1.61 bits per heavy atom. The van der Waals surface area contributed by atoms with Gasteiger partial charge in [-0.05, 0) is 55.3 Å². The van der Waals surface area contributed by atoms with Gasteiger partial charge in [0.05, 0.1) is 0 Å². The van der Waals surface area contributed by atoms with Crippen LogP contribution >= 0.6 is 11.6 Å². The summed E-state index contributed by atoms with van der Waals surface area (Å²) in [5.74, 6) is 1.06. The molecule has 33 heavy (non-hydrogen) atoms. The normalized spacial score (nSPS) is 20.5. The molecule has 5 heteroatoms. The molecule has 2 saturated heterocycles. The highest BCUT2D eigenvalue weighted by Gasteiger charge is 2.44. The highest BCUT2D eigenvalue weighted by Crippen LogP contribution is 2.40. The van der Waals surface area contributed by atoms with Crippen molar-refractivity contribution in [2.24, 2.45) is 5.41 Å². The Morgan fingerprint density at radius 3 is 2.42 bits per heavy atom. The van der Waals surface area contributed by atoms with E-state index in [0.29, 0.717) is 11.6 Å². The van der Waals surface area contributed by atoms with Crippen molar-refractivity contribution in [2.75, 3.05) is 26.2 Å². The van der Waals surface area contributed by atoms with Gasteiger partial charge in [-0.25, -0.2) is 0 Å². The summed E-state index contributed by atoms with van der Waals surface area (Å²) in [5, 5.41) is 0.656. The predicted molar refractivity (Wildman–Crippen MR) is 132 cm³/mol. The van der Waals surface area contributed by atoms with Gasteiger partial charge < -0.3 is 9.64 Å². The molecule has 170 valence electrons. The van der Waals surface area contributed by atoms with Crippen molar-refractivity contribution in [3.8, 4) is 5.75 Å². The zero-order valence-corrected chi connectivity index (χ0v) is 19.5. The van der Waals surface area contributed by atoms with Crippen LogP contribution in [0.4, 0.5) is 0 Å². The van der Waals surface area contributed by atoms with E-state index < -0.39 is 0 Å². The van der Waals surface area contributed by atoms with Gasteiger partial charge in [0.15, 0.2) is 0 Å². The number of amides is 1. The maximum Gasteiger partial charge on any atom is 0.253 e. The molecule has 4 nitrogen and oxygen atoms in total. The number of likely N-dealkylation sites (tertiary alicyclic amines) is 2. The summed E-state index contributed by atoms with van der Waals surface area (Å²) < 4.78 is 6.17. The van der Waals surface area contributed by atoms with Crippen LogP contribution in [-0.4, -0.2) is 41.9 Å². The number of nitrogens with zero attached hydrogens (tertiary/aromatic N) is 2. The lowest BCUT2D eigenvalue weighted by Gasteiger charge is -2.25. The van der Waals surface area contributed by atoms with Gasteiger partial charge in [-0.3, -0.25) is 9.69 Å². The van der Waals surface area contributed by atoms with Gasteiger partial charge in [-0.2, -0.15) is 0 Å². The highest BCUT2D eigenvalue weighted by atomic mass is 35.5. The number of rotatable bonds is 6. The zero-order chi connectivity index (χ0) is 22.7. The molecular formula is C28H29ClN2O2. The zero-order valence-electron chi connectivity index (χ0n) is 18.8. The number of halogens is 1. The number of carbonyl (C=O) groups is 1. The minimum absolute atomic E-state index is 0.113.